The summed E-state index contributed by atoms with van der Waals surface area (Å²) in [5.74, 6) is 4.78. The second kappa shape index (κ2) is 60.1. The van der Waals surface area contributed by atoms with Gasteiger partial charge in [0.05, 0.1) is 62.4 Å². The zero-order valence-corrected chi connectivity index (χ0v) is 111. The molecule has 0 aliphatic carbocycles. The number of pyridine rings is 1. The van der Waals surface area contributed by atoms with E-state index in [0.29, 0.717) is 72.0 Å². The zero-order chi connectivity index (χ0) is 117. The number of ketones is 1. The fourth-order valence-corrected chi connectivity index (χ4v) is 18.7. The number of nitrogens with one attached hydrogen (secondary N) is 2. The maximum Gasteiger partial charge on any atom is 0.226 e. The summed E-state index contributed by atoms with van der Waals surface area (Å²) >= 11 is 2.01. The second-order valence-electron chi connectivity index (χ2n) is 61.9. The Bertz CT molecular complexity index is 4330. The molecule has 6 heterocycles. The van der Waals surface area contributed by atoms with Gasteiger partial charge in [-0.05, 0) is 351 Å². The van der Waals surface area contributed by atoms with Crippen molar-refractivity contribution < 1.29 is 32.5 Å². The van der Waals surface area contributed by atoms with Crippen LogP contribution in [0.5, 0.6) is 17.4 Å². The molecule has 8 rings (SSSR count). The number of aromatic amines is 1. The van der Waals surface area contributed by atoms with Crippen molar-refractivity contribution in [3.8, 4) is 28.8 Å². The molecule has 0 saturated carbocycles. The van der Waals surface area contributed by atoms with Crippen LogP contribution in [0.2, 0.25) is 0 Å². The number of aliphatic hydroxyl groups excluding tert-OH is 1. The normalized spacial score (nSPS) is 14.6. The van der Waals surface area contributed by atoms with Crippen LogP contribution in [-0.2, 0) is 43.2 Å². The number of nitrogens with zero attached hydrogens (tertiary/aromatic N) is 8. The molecular weight excluding hydrogens is 1830 g/mol. The SMILES string of the molecule is CC(C)(C)C.CC(C)(C)C(=O)C(C)(C)C.CC(C)(C)C=NC(C)(C)C.CC(C)(C)CC(C)(C)C.CC(C)(C)N1CCCC1.CC(C)(C)N1CCCCC1.CC(C)(C)NC(C)(C)C.CC(C)(C)OC(C)(C)C.CC(C)(C)S(=O)(=O)C(C)(C)C.CC(C)(C)SC(C)(C)C.CC(C)C.CN(C)C(C)(C)C.COc1cccc(-c2nc3c(c(C(C)(C)C)n2)Cc2c(CO)cnc(C)c2O3)c1.Cc1ccc2nc(C(C)(C)C)[nH]c2c1. The highest BCUT2D eigenvalue weighted by atomic mass is 32.2. The van der Waals surface area contributed by atoms with Gasteiger partial charge in [0, 0.05) is 99.9 Å². The number of aromatic nitrogens is 5. The molecule has 2 fully saturated rings. The molecule has 2 saturated heterocycles. The molecule has 3 N–H and O–H groups in total. The van der Waals surface area contributed by atoms with Crippen molar-refractivity contribution in [1.29, 1.82) is 0 Å². The summed E-state index contributed by atoms with van der Waals surface area (Å²) in [6.07, 6.45) is 12.7. The van der Waals surface area contributed by atoms with Gasteiger partial charge in [-0.3, -0.25) is 24.6 Å². The number of aryl methyl sites for hydroxylation is 2. The van der Waals surface area contributed by atoms with Gasteiger partial charge in [0.15, 0.2) is 21.4 Å². The van der Waals surface area contributed by atoms with Crippen LogP contribution >= 0.6 is 11.8 Å². The van der Waals surface area contributed by atoms with Crippen molar-refractivity contribution in [2.45, 2.75) is 583 Å². The first-order valence-electron chi connectivity index (χ1n) is 54.4. The van der Waals surface area contributed by atoms with Crippen LogP contribution in [-0.4, -0.2) is 176 Å². The standard InChI is InChI=1S/C23H25N3O3.C12H16N2.2C9H19N.C9H18O.C9H20.C8H17N.C8H19N.C8H18O2S.C8H18O.C8H18S.C6H15N.C5H12.C4H10/c1-13-19-17(15(12-27)11-24-13)10-18-20(23(2,3)4)25-21(26-22(18)29-19)14-7-6-8-16(9-14)28-5;1-8-5-6-9-10(7-8)14-11(13-9)12(2,3)4;1-9(2,3)10-7-5-4-6-8-10;1-8(2,3)7-10-9(4,5)6;1-8(2,3)7(10)9(4,5)6;1-8(2,3)7-9(4,5)6;1-8(2,3)9-6-4-5-7-9;1-7(2,3)9-8(4,5)6;1-7(2,3)11(9,10)8(4,5)6;2*1-7(2,3)9-8(4,5)6;1-6(2,3)7(4)5;1-5(2,3)4;1-4(2)3/h6-9,11,27H,10,12H2,1-5H3;5-7H,1-4H3,(H,13,14);4-8H2,1-3H3;7H,1-6H3;1-6H3;7H2,1-6H3;4-7H2,1-3H3;9H,1-6H3;1-6H3;2*1-6H3;1-5H3;1-4H3;4H,1-3H3. The van der Waals surface area contributed by atoms with E-state index >= 15 is 0 Å². The molecule has 0 atom stereocenters. The average Bonchev–Trinajstić information content (AvgIpc) is 1.64. The second-order valence-corrected chi connectivity index (χ2v) is 68.1. The number of carbonyl (C=O) groups is 1. The van der Waals surface area contributed by atoms with Gasteiger partial charge in [-0.25, -0.2) is 18.4 Å². The number of fused-ring (bicyclic) bond motifs is 3. The molecule has 0 unspecified atom stereocenters. The van der Waals surface area contributed by atoms with Crippen molar-refractivity contribution in [2.75, 3.05) is 47.4 Å². The lowest BCUT2D eigenvalue weighted by Gasteiger charge is -2.38. The predicted octanol–water partition coefficient (Wildman–Crippen LogP) is 35.8. The van der Waals surface area contributed by atoms with Gasteiger partial charge in [-0.15, -0.1) is 0 Å². The number of ether oxygens (including phenoxy) is 3. The van der Waals surface area contributed by atoms with E-state index in [-0.39, 0.29) is 61.5 Å². The number of piperidine rings is 1. The fourth-order valence-electron chi connectivity index (χ4n) is 15.0. The maximum atomic E-state index is 11.7. The number of sulfone groups is 1. The first-order chi connectivity index (χ1) is 63.4. The molecule has 0 bridgehead atoms. The summed E-state index contributed by atoms with van der Waals surface area (Å²) in [6, 6.07) is 14.0. The number of aliphatic hydroxyl groups is 1. The van der Waals surface area contributed by atoms with Gasteiger partial charge in [0.1, 0.15) is 17.4 Å². The van der Waals surface area contributed by atoms with E-state index in [9.17, 15) is 18.3 Å². The molecule has 3 aliphatic heterocycles. The van der Waals surface area contributed by atoms with Gasteiger partial charge >= 0.3 is 0 Å². The lowest BCUT2D eigenvalue weighted by atomic mass is 9.76. The van der Waals surface area contributed by atoms with Crippen LogP contribution in [0, 0.1) is 52.3 Å². The van der Waals surface area contributed by atoms with E-state index < -0.39 is 19.3 Å². The molecule has 3 aromatic heterocycles. The molecule has 0 amide bonds. The first kappa shape index (κ1) is 151. The van der Waals surface area contributed by atoms with E-state index in [2.05, 4.69) is 439 Å². The molecule has 0 radical (unpaired) electrons. The number of benzene rings is 2. The van der Waals surface area contributed by atoms with Crippen LogP contribution < -0.4 is 14.8 Å². The van der Waals surface area contributed by atoms with Crippen LogP contribution in [0.3, 0.4) is 0 Å². The summed E-state index contributed by atoms with van der Waals surface area (Å²) in [4.78, 5) is 45.2. The summed E-state index contributed by atoms with van der Waals surface area (Å²) in [7, 11) is 2.79. The smallest absolute Gasteiger partial charge is 0.226 e. The van der Waals surface area contributed by atoms with E-state index in [0.717, 1.165) is 62.2 Å². The molecule has 5 aromatic rings. The molecule has 0 spiro atoms. The number of Topliss-reactive ketones (excluding diaryl/α,β-unsaturated/α-hetero) is 1. The average molecular weight is 2080 g/mol. The third-order valence-corrected chi connectivity index (χ3v) is 24.5. The summed E-state index contributed by atoms with van der Waals surface area (Å²) in [5.41, 5.74) is 11.6. The quantitative estimate of drug-likeness (QED) is 0.141. The molecule has 17 nitrogen and oxygen atoms in total. The number of likely N-dealkylation sites (tertiary alicyclic amines) is 2. The van der Waals surface area contributed by atoms with E-state index in [1.54, 1.807) is 54.8 Å². The Balaban J connectivity index is -0.000000371. The van der Waals surface area contributed by atoms with E-state index in [1.165, 1.54) is 70.3 Å². The molecule has 145 heavy (non-hydrogen) atoms. The molecule has 19 heteroatoms. The molecule has 852 valence electrons. The van der Waals surface area contributed by atoms with Gasteiger partial charge in [0.2, 0.25) is 5.88 Å². The summed E-state index contributed by atoms with van der Waals surface area (Å²) in [5, 5.41) is 13.2. The number of hydrogen-bond acceptors (Lipinski definition) is 17. The third kappa shape index (κ3) is 79.8. The number of hydrogen-bond donors (Lipinski definition) is 3. The minimum Gasteiger partial charge on any atom is -0.497 e. The van der Waals surface area contributed by atoms with Gasteiger partial charge in [-0.1, -0.05) is 260 Å². The van der Waals surface area contributed by atoms with Gasteiger partial charge < -0.3 is 34.5 Å². The number of rotatable bonds is 3. The Morgan fingerprint density at radius 1 is 0.538 bits per heavy atom. The van der Waals surface area contributed by atoms with Crippen molar-refractivity contribution in [3.05, 3.63) is 88.1 Å². The summed E-state index contributed by atoms with van der Waals surface area (Å²) < 4.78 is 40.1. The van der Waals surface area contributed by atoms with Crippen LogP contribution in [0.4, 0.5) is 0 Å². The Morgan fingerprint density at radius 2 is 0.917 bits per heavy atom. The highest BCUT2D eigenvalue weighted by Gasteiger charge is 2.40. The number of thioether (sulfide) groups is 1. The lowest BCUT2D eigenvalue weighted by molar-refractivity contribution is -0.134. The zero-order valence-electron chi connectivity index (χ0n) is 109. The van der Waals surface area contributed by atoms with Crippen molar-refractivity contribution in [3.63, 3.8) is 0 Å². The fraction of sp³-hybridized carbons (Fsp3) is 0.810. The van der Waals surface area contributed by atoms with Crippen molar-refractivity contribution in [2.24, 2.45) is 43.4 Å². The Hall–Kier alpha value is -4.86. The minimum absolute atomic E-state index is 0.0156. The first-order valence-corrected chi connectivity index (χ1v) is 56.7. The van der Waals surface area contributed by atoms with Crippen LogP contribution in [0.1, 0.15) is 521 Å². The molecule has 2 aromatic carbocycles. The number of aliphatic imine (C=N–C) groups is 1. The highest BCUT2D eigenvalue weighted by Crippen LogP contribution is 2.44. The Labute approximate surface area is 906 Å². The molecule has 3 aliphatic rings. The topological polar surface area (TPSA) is 201 Å². The highest BCUT2D eigenvalue weighted by molar-refractivity contribution is 8.01. The van der Waals surface area contributed by atoms with E-state index in [1.807, 2.05) is 90.7 Å². The summed E-state index contributed by atoms with van der Waals surface area (Å²) in [6.45, 7) is 145. The van der Waals surface area contributed by atoms with Crippen LogP contribution in [0.15, 0.2) is 53.7 Å². The van der Waals surface area contributed by atoms with Crippen molar-refractivity contribution in [1.82, 2.24) is 44.9 Å². The van der Waals surface area contributed by atoms with Gasteiger partial charge in [0.25, 0.3) is 0 Å². The number of imidazole rings is 1. The largest absolute Gasteiger partial charge is 0.497 e. The molecular formula is C126H244N10O7S2. The Kier molecular flexibility index (Phi) is 62.5. The number of methoxy groups -OCH3 is 1. The lowest BCUT2D eigenvalue weighted by Crippen LogP contribution is -2.48. The monoisotopic (exact) mass is 2070 g/mol. The number of H-pyrrole nitrogens is 1. The minimum atomic E-state index is -3.01. The third-order valence-electron chi connectivity index (χ3n) is 20.0. The van der Waals surface area contributed by atoms with E-state index in [4.69, 9.17) is 24.2 Å². The van der Waals surface area contributed by atoms with Crippen LogP contribution in [0.25, 0.3) is 22.4 Å². The van der Waals surface area contributed by atoms with Gasteiger partial charge in [-0.2, -0.15) is 16.7 Å². The maximum absolute atomic E-state index is 11.7. The predicted molar refractivity (Wildman–Crippen MR) is 649 cm³/mol. The number of carbonyl (C=O) groups excluding carboxylic acids is 1. The van der Waals surface area contributed by atoms with Crippen molar-refractivity contribution >= 4 is 44.6 Å². The Morgan fingerprint density at radius 3 is 1.15 bits per heavy atom.